The Balaban J connectivity index is 3.00. The zero-order valence-corrected chi connectivity index (χ0v) is 10.9. The van der Waals surface area contributed by atoms with Crippen molar-refractivity contribution in [2.24, 2.45) is 5.16 Å². The molecule has 6 heteroatoms. The third-order valence-corrected chi connectivity index (χ3v) is 2.31. The van der Waals surface area contributed by atoms with Crippen molar-refractivity contribution in [1.82, 2.24) is 0 Å². The summed E-state index contributed by atoms with van der Waals surface area (Å²) in [7, 11) is 4.63. The van der Waals surface area contributed by atoms with Gasteiger partial charge in [-0.25, -0.2) is 0 Å². The van der Waals surface area contributed by atoms with Crippen LogP contribution in [-0.4, -0.2) is 32.4 Å². The van der Waals surface area contributed by atoms with E-state index in [0.717, 1.165) is 5.56 Å². The first-order valence-electron chi connectivity index (χ1n) is 5.26. The number of hydrogen-bond acceptors (Lipinski definition) is 6. The van der Waals surface area contributed by atoms with Crippen LogP contribution in [0.4, 0.5) is 0 Å². The van der Waals surface area contributed by atoms with Gasteiger partial charge in [-0.15, -0.1) is 0 Å². The number of ether oxygens (including phenoxy) is 4. The molecule has 1 aromatic carbocycles. The monoisotopic (exact) mass is 255 g/mol. The van der Waals surface area contributed by atoms with Gasteiger partial charge in [-0.1, -0.05) is 5.16 Å². The second-order valence-corrected chi connectivity index (χ2v) is 3.44. The van der Waals surface area contributed by atoms with E-state index in [9.17, 15) is 0 Å². The Hall–Kier alpha value is -2.11. The Bertz CT molecular complexity index is 405. The van der Waals surface area contributed by atoms with Crippen molar-refractivity contribution in [3.63, 3.8) is 0 Å². The van der Waals surface area contributed by atoms with Crippen LogP contribution in [0, 0.1) is 0 Å². The van der Waals surface area contributed by atoms with Gasteiger partial charge in [0.2, 0.25) is 11.6 Å². The molecule has 1 N–H and O–H groups in total. The first kappa shape index (κ1) is 14.0. The Morgan fingerprint density at radius 2 is 1.67 bits per heavy atom. The summed E-state index contributed by atoms with van der Waals surface area (Å²) < 4.78 is 20.8. The quantitative estimate of drug-likeness (QED) is 0.377. The molecule has 0 fully saturated rings. The Labute approximate surface area is 106 Å². The number of methoxy groups -OCH3 is 3. The fourth-order valence-electron chi connectivity index (χ4n) is 1.44. The van der Waals surface area contributed by atoms with Gasteiger partial charge in [-0.05, 0) is 17.7 Å². The molecule has 0 radical (unpaired) electrons. The van der Waals surface area contributed by atoms with E-state index in [1.165, 1.54) is 0 Å². The fraction of sp³-hybridized carbons (Fsp3) is 0.417. The van der Waals surface area contributed by atoms with Gasteiger partial charge in [-0.3, -0.25) is 0 Å². The molecule has 0 aromatic heterocycles. The molecule has 6 nitrogen and oxygen atoms in total. The molecule has 0 atom stereocenters. The molecule has 0 amide bonds. The van der Waals surface area contributed by atoms with Crippen molar-refractivity contribution in [1.29, 1.82) is 0 Å². The van der Waals surface area contributed by atoms with Crippen LogP contribution >= 0.6 is 0 Å². The molecule has 0 heterocycles. The van der Waals surface area contributed by atoms with Crippen molar-refractivity contribution >= 4 is 5.90 Å². The highest BCUT2D eigenvalue weighted by Crippen LogP contribution is 2.38. The Morgan fingerprint density at radius 1 is 1.11 bits per heavy atom. The van der Waals surface area contributed by atoms with E-state index < -0.39 is 0 Å². The molecule has 18 heavy (non-hydrogen) atoms. The standard InChI is InChI=1S/C12H17NO5/c1-8(13-14)18-7-9-5-10(15-2)12(17-4)11(6-9)16-3/h5-6,14H,7H2,1-4H3. The Kier molecular flexibility index (Phi) is 5.10. The lowest BCUT2D eigenvalue weighted by molar-refractivity contribution is 0.244. The number of hydrogen-bond donors (Lipinski definition) is 1. The molecule has 1 rings (SSSR count). The summed E-state index contributed by atoms with van der Waals surface area (Å²) in [6.07, 6.45) is 0. The smallest absolute Gasteiger partial charge is 0.222 e. The maximum atomic E-state index is 8.49. The average Bonchev–Trinajstić information content (AvgIpc) is 2.43. The molecular formula is C12H17NO5. The van der Waals surface area contributed by atoms with Crippen LogP contribution in [0.3, 0.4) is 0 Å². The molecule has 0 aliphatic rings. The minimum atomic E-state index is 0.184. The molecule has 0 saturated carbocycles. The predicted octanol–water partition coefficient (Wildman–Crippen LogP) is 2.04. The number of oxime groups is 1. The van der Waals surface area contributed by atoms with Gasteiger partial charge in [-0.2, -0.15) is 0 Å². The predicted molar refractivity (Wildman–Crippen MR) is 65.8 cm³/mol. The average molecular weight is 255 g/mol. The normalized spacial score (nSPS) is 11.0. The maximum Gasteiger partial charge on any atom is 0.222 e. The van der Waals surface area contributed by atoms with E-state index in [4.69, 9.17) is 24.2 Å². The SMILES string of the molecule is COc1cc(COC(C)=NO)cc(OC)c1OC. The van der Waals surface area contributed by atoms with E-state index in [-0.39, 0.29) is 12.5 Å². The van der Waals surface area contributed by atoms with Gasteiger partial charge in [0.15, 0.2) is 11.5 Å². The maximum absolute atomic E-state index is 8.49. The minimum Gasteiger partial charge on any atom is -0.493 e. The highest BCUT2D eigenvalue weighted by molar-refractivity contribution is 5.72. The van der Waals surface area contributed by atoms with Crippen molar-refractivity contribution in [2.75, 3.05) is 21.3 Å². The van der Waals surface area contributed by atoms with Gasteiger partial charge in [0.25, 0.3) is 0 Å². The molecule has 0 bridgehead atoms. The van der Waals surface area contributed by atoms with Crippen LogP contribution < -0.4 is 14.2 Å². The van der Waals surface area contributed by atoms with Crippen molar-refractivity contribution in [3.05, 3.63) is 17.7 Å². The lowest BCUT2D eigenvalue weighted by Gasteiger charge is -2.14. The summed E-state index contributed by atoms with van der Waals surface area (Å²) in [5.41, 5.74) is 0.813. The van der Waals surface area contributed by atoms with E-state index in [1.54, 1.807) is 40.4 Å². The van der Waals surface area contributed by atoms with Crippen LogP contribution in [-0.2, 0) is 11.3 Å². The van der Waals surface area contributed by atoms with Gasteiger partial charge >= 0.3 is 0 Å². The van der Waals surface area contributed by atoms with Crippen molar-refractivity contribution in [2.45, 2.75) is 13.5 Å². The van der Waals surface area contributed by atoms with E-state index in [2.05, 4.69) is 5.16 Å². The van der Waals surface area contributed by atoms with Crippen LogP contribution in [0.2, 0.25) is 0 Å². The van der Waals surface area contributed by atoms with Crippen LogP contribution in [0.1, 0.15) is 12.5 Å². The highest BCUT2D eigenvalue weighted by atomic mass is 16.5. The third-order valence-electron chi connectivity index (χ3n) is 2.31. The molecule has 0 aliphatic carbocycles. The zero-order valence-electron chi connectivity index (χ0n) is 10.9. The van der Waals surface area contributed by atoms with Crippen LogP contribution in [0.25, 0.3) is 0 Å². The fourth-order valence-corrected chi connectivity index (χ4v) is 1.44. The molecule has 0 aliphatic heterocycles. The van der Waals surface area contributed by atoms with Gasteiger partial charge in [0, 0.05) is 6.92 Å². The topological polar surface area (TPSA) is 69.5 Å². The van der Waals surface area contributed by atoms with Crippen molar-refractivity contribution in [3.8, 4) is 17.2 Å². The lowest BCUT2D eigenvalue weighted by Crippen LogP contribution is -2.02. The summed E-state index contributed by atoms with van der Waals surface area (Å²) in [5, 5.41) is 11.4. The van der Waals surface area contributed by atoms with E-state index >= 15 is 0 Å². The summed E-state index contributed by atoms with van der Waals surface area (Å²) in [5.74, 6) is 1.81. The second-order valence-electron chi connectivity index (χ2n) is 3.44. The van der Waals surface area contributed by atoms with Gasteiger partial charge in [0.1, 0.15) is 6.61 Å². The molecule has 100 valence electrons. The van der Waals surface area contributed by atoms with Crippen LogP contribution in [0.15, 0.2) is 17.3 Å². The van der Waals surface area contributed by atoms with Crippen LogP contribution in [0.5, 0.6) is 17.2 Å². The second kappa shape index (κ2) is 6.58. The molecule has 0 spiro atoms. The zero-order chi connectivity index (χ0) is 13.5. The largest absolute Gasteiger partial charge is 0.493 e. The number of nitrogens with zero attached hydrogens (tertiary/aromatic N) is 1. The third kappa shape index (κ3) is 3.19. The molecular weight excluding hydrogens is 238 g/mol. The van der Waals surface area contributed by atoms with E-state index in [0.29, 0.717) is 17.2 Å². The molecule has 1 aromatic rings. The first-order chi connectivity index (χ1) is 8.65. The summed E-state index contributed by atoms with van der Waals surface area (Å²) in [4.78, 5) is 0. The van der Waals surface area contributed by atoms with E-state index in [1.807, 2.05) is 0 Å². The van der Waals surface area contributed by atoms with Crippen molar-refractivity contribution < 1.29 is 24.2 Å². The summed E-state index contributed by atoms with van der Waals surface area (Å²) in [6.45, 7) is 1.80. The molecule has 0 unspecified atom stereocenters. The first-order valence-corrected chi connectivity index (χ1v) is 5.26. The summed E-state index contributed by atoms with van der Waals surface area (Å²) >= 11 is 0. The number of rotatable bonds is 5. The van der Waals surface area contributed by atoms with Gasteiger partial charge < -0.3 is 24.2 Å². The highest BCUT2D eigenvalue weighted by Gasteiger charge is 2.13. The molecule has 0 saturated heterocycles. The minimum absolute atomic E-state index is 0.184. The summed E-state index contributed by atoms with van der Waals surface area (Å²) in [6, 6.07) is 3.54. The number of benzene rings is 1. The Morgan fingerprint density at radius 3 is 2.06 bits per heavy atom. The van der Waals surface area contributed by atoms with Gasteiger partial charge in [0.05, 0.1) is 21.3 Å². The lowest BCUT2D eigenvalue weighted by atomic mass is 10.2.